The molecule has 1 aromatic rings. The first kappa shape index (κ1) is 14.9. The lowest BCUT2D eigenvalue weighted by Crippen LogP contribution is -2.36. The highest BCUT2D eigenvalue weighted by molar-refractivity contribution is 7.80. The molecule has 3 rings (SSSR count). The van der Waals surface area contributed by atoms with Crippen LogP contribution < -0.4 is 5.73 Å². The highest BCUT2D eigenvalue weighted by Gasteiger charge is 2.28. The van der Waals surface area contributed by atoms with Gasteiger partial charge in [0.25, 0.3) is 0 Å². The van der Waals surface area contributed by atoms with Gasteiger partial charge in [0.1, 0.15) is 10.8 Å². The molecular formula is C16H22FN3S. The fourth-order valence-electron chi connectivity index (χ4n) is 3.58. The molecule has 2 fully saturated rings. The predicted molar refractivity (Wildman–Crippen MR) is 86.8 cm³/mol. The van der Waals surface area contributed by atoms with Crippen LogP contribution in [0.15, 0.2) is 18.2 Å². The van der Waals surface area contributed by atoms with E-state index in [0.29, 0.717) is 11.6 Å². The van der Waals surface area contributed by atoms with Crippen LogP contribution in [0.2, 0.25) is 0 Å². The van der Waals surface area contributed by atoms with Crippen LogP contribution in [0, 0.1) is 5.82 Å². The van der Waals surface area contributed by atoms with Crippen molar-refractivity contribution in [3.63, 3.8) is 0 Å². The van der Waals surface area contributed by atoms with Gasteiger partial charge < -0.3 is 5.73 Å². The molecule has 21 heavy (non-hydrogen) atoms. The quantitative estimate of drug-likeness (QED) is 0.867. The minimum atomic E-state index is -0.278. The molecular weight excluding hydrogens is 285 g/mol. The average molecular weight is 307 g/mol. The Balaban J connectivity index is 1.75. The van der Waals surface area contributed by atoms with Gasteiger partial charge in [-0.15, -0.1) is 0 Å². The number of benzene rings is 1. The highest BCUT2D eigenvalue weighted by atomic mass is 32.1. The van der Waals surface area contributed by atoms with Crippen LogP contribution in [-0.2, 0) is 6.54 Å². The molecule has 0 aromatic heterocycles. The van der Waals surface area contributed by atoms with Crippen molar-refractivity contribution in [3.8, 4) is 0 Å². The highest BCUT2D eigenvalue weighted by Crippen LogP contribution is 2.23. The summed E-state index contributed by atoms with van der Waals surface area (Å²) in [5.74, 6) is -0.278. The van der Waals surface area contributed by atoms with E-state index in [9.17, 15) is 4.39 Å². The number of hydrogen-bond donors (Lipinski definition) is 1. The number of thiocarbonyl (C=S) groups is 1. The van der Waals surface area contributed by atoms with Gasteiger partial charge in [0.15, 0.2) is 0 Å². The van der Waals surface area contributed by atoms with E-state index in [-0.39, 0.29) is 10.8 Å². The molecule has 0 aliphatic carbocycles. The van der Waals surface area contributed by atoms with Crippen molar-refractivity contribution < 1.29 is 4.39 Å². The van der Waals surface area contributed by atoms with Crippen LogP contribution in [-0.4, -0.2) is 47.0 Å². The normalized spacial score (nSPS) is 23.8. The number of fused-ring (bicyclic) bond motifs is 1. The van der Waals surface area contributed by atoms with Gasteiger partial charge in [-0.3, -0.25) is 9.80 Å². The summed E-state index contributed by atoms with van der Waals surface area (Å²) in [6.45, 7) is 5.42. The largest absolute Gasteiger partial charge is 0.389 e. The van der Waals surface area contributed by atoms with Gasteiger partial charge in [0.2, 0.25) is 0 Å². The SMILES string of the molecule is NC(=S)c1cc(F)ccc1CN1CCCN2CCCC2C1. The first-order chi connectivity index (χ1) is 10.1. The second kappa shape index (κ2) is 6.38. The Labute approximate surface area is 130 Å². The number of halogens is 1. The molecule has 2 saturated heterocycles. The molecule has 0 saturated carbocycles. The molecule has 0 radical (unpaired) electrons. The molecule has 2 N–H and O–H groups in total. The van der Waals surface area contributed by atoms with Crippen LogP contribution in [0.25, 0.3) is 0 Å². The topological polar surface area (TPSA) is 32.5 Å². The zero-order chi connectivity index (χ0) is 14.8. The number of rotatable bonds is 3. The lowest BCUT2D eigenvalue weighted by Gasteiger charge is -2.26. The predicted octanol–water partition coefficient (Wildman–Crippen LogP) is 2.13. The lowest BCUT2D eigenvalue weighted by atomic mass is 10.1. The van der Waals surface area contributed by atoms with E-state index in [2.05, 4.69) is 9.80 Å². The molecule has 2 aliphatic heterocycles. The molecule has 1 unspecified atom stereocenters. The van der Waals surface area contributed by atoms with Crippen molar-refractivity contribution in [2.45, 2.75) is 31.8 Å². The summed E-state index contributed by atoms with van der Waals surface area (Å²) < 4.78 is 13.4. The van der Waals surface area contributed by atoms with Crippen molar-refractivity contribution in [1.82, 2.24) is 9.80 Å². The smallest absolute Gasteiger partial charge is 0.123 e. The minimum Gasteiger partial charge on any atom is -0.389 e. The van der Waals surface area contributed by atoms with Crippen LogP contribution in [0.5, 0.6) is 0 Å². The second-order valence-electron chi connectivity index (χ2n) is 6.09. The number of nitrogens with two attached hydrogens (primary N) is 1. The number of nitrogens with zero attached hydrogens (tertiary/aromatic N) is 2. The third-order valence-electron chi connectivity index (χ3n) is 4.62. The zero-order valence-corrected chi connectivity index (χ0v) is 13.0. The molecule has 5 heteroatoms. The maximum Gasteiger partial charge on any atom is 0.123 e. The summed E-state index contributed by atoms with van der Waals surface area (Å²) in [6.07, 6.45) is 3.80. The Morgan fingerprint density at radius 1 is 1.29 bits per heavy atom. The summed E-state index contributed by atoms with van der Waals surface area (Å²) in [5.41, 5.74) is 7.46. The Hall–Kier alpha value is -1.04. The first-order valence-electron chi connectivity index (χ1n) is 7.68. The van der Waals surface area contributed by atoms with Gasteiger partial charge in [-0.25, -0.2) is 4.39 Å². The fraction of sp³-hybridized carbons (Fsp3) is 0.562. The van der Waals surface area contributed by atoms with E-state index >= 15 is 0 Å². The van der Waals surface area contributed by atoms with E-state index in [1.54, 1.807) is 0 Å². The van der Waals surface area contributed by atoms with Crippen LogP contribution in [0.1, 0.15) is 30.4 Å². The third kappa shape index (κ3) is 3.42. The van der Waals surface area contributed by atoms with Crippen molar-refractivity contribution >= 4 is 17.2 Å². The van der Waals surface area contributed by atoms with Crippen molar-refractivity contribution in [2.75, 3.05) is 26.2 Å². The van der Waals surface area contributed by atoms with E-state index in [4.69, 9.17) is 18.0 Å². The maximum absolute atomic E-state index is 13.4. The van der Waals surface area contributed by atoms with E-state index in [1.807, 2.05) is 6.07 Å². The molecule has 1 atom stereocenters. The summed E-state index contributed by atoms with van der Waals surface area (Å²) in [4.78, 5) is 5.35. The Morgan fingerprint density at radius 2 is 2.10 bits per heavy atom. The molecule has 1 aromatic carbocycles. The fourth-order valence-corrected chi connectivity index (χ4v) is 3.77. The number of hydrogen-bond acceptors (Lipinski definition) is 3. The monoisotopic (exact) mass is 307 g/mol. The van der Waals surface area contributed by atoms with Crippen molar-refractivity contribution in [1.29, 1.82) is 0 Å². The van der Waals surface area contributed by atoms with Crippen molar-refractivity contribution in [3.05, 3.63) is 35.1 Å². The standard InChI is InChI=1S/C16H22FN3S/c17-13-5-4-12(15(9-13)16(18)21)10-19-6-2-8-20-7-1-3-14(20)11-19/h4-5,9,14H,1-3,6-8,10-11H2,(H2,18,21). The summed E-state index contributed by atoms with van der Waals surface area (Å²) in [6, 6.07) is 5.45. The Morgan fingerprint density at radius 3 is 2.90 bits per heavy atom. The molecule has 0 spiro atoms. The van der Waals surface area contributed by atoms with Gasteiger partial charge in [-0.2, -0.15) is 0 Å². The van der Waals surface area contributed by atoms with Crippen LogP contribution in [0.4, 0.5) is 4.39 Å². The summed E-state index contributed by atoms with van der Waals surface area (Å²) >= 11 is 5.06. The van der Waals surface area contributed by atoms with E-state index in [0.717, 1.165) is 25.2 Å². The Bertz CT molecular complexity index is 534. The molecule has 3 nitrogen and oxygen atoms in total. The first-order valence-corrected chi connectivity index (χ1v) is 8.09. The zero-order valence-electron chi connectivity index (χ0n) is 12.2. The average Bonchev–Trinajstić information content (AvgIpc) is 2.79. The van der Waals surface area contributed by atoms with Gasteiger partial charge in [0, 0.05) is 24.7 Å². The third-order valence-corrected chi connectivity index (χ3v) is 4.84. The van der Waals surface area contributed by atoms with E-state index in [1.165, 1.54) is 44.5 Å². The van der Waals surface area contributed by atoms with Gasteiger partial charge in [-0.05, 0) is 56.6 Å². The van der Waals surface area contributed by atoms with Gasteiger partial charge >= 0.3 is 0 Å². The molecule has 0 bridgehead atoms. The summed E-state index contributed by atoms with van der Waals surface area (Å²) in [5, 5.41) is 0. The summed E-state index contributed by atoms with van der Waals surface area (Å²) in [7, 11) is 0. The molecule has 114 valence electrons. The van der Waals surface area contributed by atoms with Crippen LogP contribution >= 0.6 is 12.2 Å². The molecule has 0 amide bonds. The lowest BCUT2D eigenvalue weighted by molar-refractivity contribution is 0.215. The molecule has 2 aliphatic rings. The minimum absolute atomic E-state index is 0.278. The second-order valence-corrected chi connectivity index (χ2v) is 6.53. The molecule has 2 heterocycles. The maximum atomic E-state index is 13.4. The van der Waals surface area contributed by atoms with E-state index < -0.39 is 0 Å². The van der Waals surface area contributed by atoms with Gasteiger partial charge in [-0.1, -0.05) is 18.3 Å². The van der Waals surface area contributed by atoms with Crippen LogP contribution in [0.3, 0.4) is 0 Å². The Kier molecular flexibility index (Phi) is 4.52. The van der Waals surface area contributed by atoms with Gasteiger partial charge in [0.05, 0.1) is 0 Å². The van der Waals surface area contributed by atoms with Crippen molar-refractivity contribution in [2.24, 2.45) is 5.73 Å².